The molecule has 0 aromatic carbocycles. The van der Waals surface area contributed by atoms with Crippen molar-refractivity contribution >= 4 is 17.8 Å². The van der Waals surface area contributed by atoms with Gasteiger partial charge in [-0.3, -0.25) is 19.3 Å². The van der Waals surface area contributed by atoms with Crippen molar-refractivity contribution in [2.75, 3.05) is 6.54 Å². The maximum Gasteiger partial charge on any atom is 0.308 e. The van der Waals surface area contributed by atoms with Crippen LogP contribution in [0.1, 0.15) is 40.0 Å². The number of carboxylic acid groups (broad SMARTS) is 1. The molecule has 2 aliphatic rings. The molecule has 1 heterocycles. The Labute approximate surface area is 119 Å². The highest BCUT2D eigenvalue weighted by molar-refractivity contribution is 6.05. The van der Waals surface area contributed by atoms with Gasteiger partial charge in [-0.15, -0.1) is 0 Å². The summed E-state index contributed by atoms with van der Waals surface area (Å²) in [6, 6.07) is 0. The zero-order valence-corrected chi connectivity index (χ0v) is 12.3. The Morgan fingerprint density at radius 2 is 1.75 bits per heavy atom. The van der Waals surface area contributed by atoms with Gasteiger partial charge in [0.1, 0.15) is 0 Å². The van der Waals surface area contributed by atoms with Crippen LogP contribution in [0, 0.1) is 29.6 Å². The lowest BCUT2D eigenvalue weighted by molar-refractivity contribution is -0.147. The largest absolute Gasteiger partial charge is 0.481 e. The number of hydrogen-bond acceptors (Lipinski definition) is 3. The second-order valence-electron chi connectivity index (χ2n) is 6.43. The van der Waals surface area contributed by atoms with E-state index in [0.717, 1.165) is 19.3 Å². The summed E-state index contributed by atoms with van der Waals surface area (Å²) in [6.07, 6.45) is 2.56. The molecule has 1 N–H and O–H groups in total. The zero-order chi connectivity index (χ0) is 15.0. The lowest BCUT2D eigenvalue weighted by atomic mass is 9.95. The molecule has 5 nitrogen and oxygen atoms in total. The van der Waals surface area contributed by atoms with Gasteiger partial charge in [-0.1, -0.05) is 27.2 Å². The summed E-state index contributed by atoms with van der Waals surface area (Å²) < 4.78 is 0. The van der Waals surface area contributed by atoms with Crippen molar-refractivity contribution < 1.29 is 19.5 Å². The number of imide groups is 1. The van der Waals surface area contributed by atoms with E-state index in [2.05, 4.69) is 6.92 Å². The molecule has 1 saturated carbocycles. The molecule has 112 valence electrons. The molecular formula is C15H23NO4. The first-order valence-corrected chi connectivity index (χ1v) is 7.44. The van der Waals surface area contributed by atoms with Crippen LogP contribution < -0.4 is 0 Å². The van der Waals surface area contributed by atoms with Crippen molar-refractivity contribution in [1.82, 2.24) is 4.90 Å². The fraction of sp³-hybridized carbons (Fsp3) is 0.800. The minimum atomic E-state index is -0.941. The van der Waals surface area contributed by atoms with Gasteiger partial charge in [0.2, 0.25) is 11.8 Å². The lowest BCUT2D eigenvalue weighted by Crippen LogP contribution is -2.40. The number of fused-ring (bicyclic) bond motifs is 1. The van der Waals surface area contributed by atoms with Crippen LogP contribution in [-0.2, 0) is 14.4 Å². The molecule has 0 bridgehead atoms. The molecule has 2 rings (SSSR count). The van der Waals surface area contributed by atoms with Crippen LogP contribution in [0.15, 0.2) is 0 Å². The van der Waals surface area contributed by atoms with E-state index < -0.39 is 11.9 Å². The van der Waals surface area contributed by atoms with Crippen molar-refractivity contribution in [3.8, 4) is 0 Å². The van der Waals surface area contributed by atoms with Gasteiger partial charge in [-0.05, 0) is 24.7 Å². The Hall–Kier alpha value is -1.39. The van der Waals surface area contributed by atoms with Crippen LogP contribution in [-0.4, -0.2) is 34.3 Å². The molecular weight excluding hydrogens is 258 g/mol. The number of amides is 2. The highest BCUT2D eigenvalue weighted by atomic mass is 16.4. The van der Waals surface area contributed by atoms with Crippen molar-refractivity contribution in [2.24, 2.45) is 29.6 Å². The van der Waals surface area contributed by atoms with Crippen LogP contribution in [0.25, 0.3) is 0 Å². The highest BCUT2D eigenvalue weighted by Gasteiger charge is 2.52. The van der Waals surface area contributed by atoms with Crippen molar-refractivity contribution in [3.05, 3.63) is 0 Å². The molecule has 3 atom stereocenters. The van der Waals surface area contributed by atoms with E-state index in [0.29, 0.717) is 5.92 Å². The Balaban J connectivity index is 2.10. The smallest absolute Gasteiger partial charge is 0.308 e. The summed E-state index contributed by atoms with van der Waals surface area (Å²) in [4.78, 5) is 37.1. The Morgan fingerprint density at radius 1 is 1.25 bits per heavy atom. The van der Waals surface area contributed by atoms with E-state index in [9.17, 15) is 19.5 Å². The Bertz CT molecular complexity index is 408. The summed E-state index contributed by atoms with van der Waals surface area (Å²) >= 11 is 0. The summed E-state index contributed by atoms with van der Waals surface area (Å²) in [5.41, 5.74) is 0. The van der Waals surface area contributed by atoms with Crippen molar-refractivity contribution in [2.45, 2.75) is 40.0 Å². The van der Waals surface area contributed by atoms with Gasteiger partial charge in [-0.2, -0.15) is 0 Å². The average Bonchev–Trinajstić information content (AvgIpc) is 2.88. The van der Waals surface area contributed by atoms with Crippen LogP contribution in [0.2, 0.25) is 0 Å². The molecule has 3 unspecified atom stereocenters. The molecule has 0 spiro atoms. The predicted octanol–water partition coefficient (Wildman–Crippen LogP) is 1.76. The van der Waals surface area contributed by atoms with Gasteiger partial charge in [-0.25, -0.2) is 0 Å². The Kier molecular flexibility index (Phi) is 4.16. The second-order valence-corrected chi connectivity index (χ2v) is 6.43. The van der Waals surface area contributed by atoms with Crippen LogP contribution in [0.4, 0.5) is 0 Å². The predicted molar refractivity (Wildman–Crippen MR) is 72.7 cm³/mol. The third-order valence-corrected chi connectivity index (χ3v) is 4.91. The standard InChI is InChI=1S/C15H23NO4/c1-4-9-5-10-11(6-9)14(18)16(13(10)17)7-12(8(2)3)15(19)20/h8-12H,4-7H2,1-3H3,(H,19,20). The van der Waals surface area contributed by atoms with E-state index in [-0.39, 0.29) is 36.1 Å². The summed E-state index contributed by atoms with van der Waals surface area (Å²) in [7, 11) is 0. The molecule has 20 heavy (non-hydrogen) atoms. The van der Waals surface area contributed by atoms with Gasteiger partial charge < -0.3 is 5.11 Å². The molecule has 1 aliphatic carbocycles. The minimum absolute atomic E-state index is 0.0223. The van der Waals surface area contributed by atoms with Gasteiger partial charge in [0, 0.05) is 6.54 Å². The van der Waals surface area contributed by atoms with Gasteiger partial charge in [0.05, 0.1) is 17.8 Å². The van der Waals surface area contributed by atoms with E-state index in [1.165, 1.54) is 4.90 Å². The van der Waals surface area contributed by atoms with Crippen LogP contribution in [0.3, 0.4) is 0 Å². The minimum Gasteiger partial charge on any atom is -0.481 e. The topological polar surface area (TPSA) is 74.7 Å². The maximum absolute atomic E-state index is 12.4. The Morgan fingerprint density at radius 3 is 2.10 bits per heavy atom. The molecule has 0 aromatic heterocycles. The lowest BCUT2D eigenvalue weighted by Gasteiger charge is -2.23. The quantitative estimate of drug-likeness (QED) is 0.779. The third kappa shape index (κ3) is 2.45. The first kappa shape index (κ1) is 15.0. The van der Waals surface area contributed by atoms with Crippen molar-refractivity contribution in [3.63, 3.8) is 0 Å². The number of carboxylic acids is 1. The SMILES string of the molecule is CCC1CC2C(=O)N(CC(C(=O)O)C(C)C)C(=O)C2C1. The van der Waals surface area contributed by atoms with Crippen LogP contribution >= 0.6 is 0 Å². The number of carbonyl (C=O) groups is 3. The molecule has 0 radical (unpaired) electrons. The fourth-order valence-corrected chi connectivity index (χ4v) is 3.48. The average molecular weight is 281 g/mol. The maximum atomic E-state index is 12.4. The highest BCUT2D eigenvalue weighted by Crippen LogP contribution is 2.44. The van der Waals surface area contributed by atoms with E-state index in [1.807, 2.05) is 0 Å². The van der Waals surface area contributed by atoms with Crippen LogP contribution in [0.5, 0.6) is 0 Å². The summed E-state index contributed by atoms with van der Waals surface area (Å²) in [5, 5.41) is 9.21. The molecule has 5 heteroatoms. The van der Waals surface area contributed by atoms with Gasteiger partial charge in [0.25, 0.3) is 0 Å². The van der Waals surface area contributed by atoms with Crippen molar-refractivity contribution in [1.29, 1.82) is 0 Å². The molecule has 1 aliphatic heterocycles. The first-order valence-electron chi connectivity index (χ1n) is 7.44. The second kappa shape index (κ2) is 5.54. The molecule has 2 amide bonds. The summed E-state index contributed by atoms with van der Waals surface area (Å²) in [5.74, 6) is -1.96. The number of hydrogen-bond donors (Lipinski definition) is 1. The molecule has 1 saturated heterocycles. The number of carbonyl (C=O) groups excluding carboxylic acids is 2. The number of likely N-dealkylation sites (tertiary alicyclic amines) is 1. The van der Waals surface area contributed by atoms with Gasteiger partial charge >= 0.3 is 5.97 Å². The number of rotatable bonds is 5. The third-order valence-electron chi connectivity index (χ3n) is 4.91. The molecule has 2 fully saturated rings. The van der Waals surface area contributed by atoms with E-state index in [1.54, 1.807) is 13.8 Å². The summed E-state index contributed by atoms with van der Waals surface area (Å²) in [6.45, 7) is 5.71. The van der Waals surface area contributed by atoms with Gasteiger partial charge in [0.15, 0.2) is 0 Å². The zero-order valence-electron chi connectivity index (χ0n) is 12.3. The van der Waals surface area contributed by atoms with E-state index in [4.69, 9.17) is 0 Å². The normalized spacial score (nSPS) is 31.0. The monoisotopic (exact) mass is 281 g/mol. The first-order chi connectivity index (χ1) is 9.36. The number of aliphatic carboxylic acids is 1. The molecule has 0 aromatic rings. The van der Waals surface area contributed by atoms with E-state index >= 15 is 0 Å². The fourth-order valence-electron chi connectivity index (χ4n) is 3.48. The number of nitrogens with zero attached hydrogens (tertiary/aromatic N) is 1.